The van der Waals surface area contributed by atoms with Crippen LogP contribution in [0.25, 0.3) is 27.7 Å². The van der Waals surface area contributed by atoms with Gasteiger partial charge < -0.3 is 24.0 Å². The predicted octanol–water partition coefficient (Wildman–Crippen LogP) is 7.34. The second-order valence-electron chi connectivity index (χ2n) is 11.3. The Morgan fingerprint density at radius 1 is 0.907 bits per heavy atom. The molecule has 0 radical (unpaired) electrons. The van der Waals surface area contributed by atoms with Crippen molar-refractivity contribution in [2.24, 2.45) is 5.41 Å². The number of hydrogen-bond donors (Lipinski definition) is 1. The molecule has 0 aliphatic carbocycles. The van der Waals surface area contributed by atoms with E-state index in [9.17, 15) is 19.1 Å². The Balaban J connectivity index is 1.58. The summed E-state index contributed by atoms with van der Waals surface area (Å²) in [4.78, 5) is 25.3. The van der Waals surface area contributed by atoms with Crippen LogP contribution in [0.5, 0.6) is 5.75 Å². The lowest BCUT2D eigenvalue weighted by molar-refractivity contribution is 0.0225. The van der Waals surface area contributed by atoms with E-state index < -0.39 is 12.1 Å². The van der Waals surface area contributed by atoms with Crippen LogP contribution in [-0.4, -0.2) is 46.8 Å². The SMILES string of the molecule is COC(=O)c1ccc(-c2c(CC3(C)CN(C(=O)O)C3)n(-c3ccc(F)cc3)c3cccc(OCc4ccccc4)c23)cc1. The molecule has 43 heavy (non-hydrogen) atoms. The van der Waals surface area contributed by atoms with Gasteiger partial charge in [-0.1, -0.05) is 55.5 Å². The molecule has 1 aliphatic rings. The fourth-order valence-corrected chi connectivity index (χ4v) is 6.00. The summed E-state index contributed by atoms with van der Waals surface area (Å²) in [7, 11) is 1.35. The zero-order valence-electron chi connectivity index (χ0n) is 23.9. The normalized spacial score (nSPS) is 13.9. The molecule has 6 rings (SSSR count). The molecule has 0 atom stereocenters. The summed E-state index contributed by atoms with van der Waals surface area (Å²) in [6.45, 7) is 3.23. The lowest BCUT2D eigenvalue weighted by Gasteiger charge is -2.46. The van der Waals surface area contributed by atoms with E-state index in [-0.39, 0.29) is 11.2 Å². The van der Waals surface area contributed by atoms with Crippen LogP contribution >= 0.6 is 0 Å². The molecular weight excluding hydrogens is 547 g/mol. The van der Waals surface area contributed by atoms with Gasteiger partial charge in [-0.25, -0.2) is 14.0 Å². The molecule has 0 bridgehead atoms. The number of aromatic nitrogens is 1. The van der Waals surface area contributed by atoms with Gasteiger partial charge in [0.15, 0.2) is 0 Å². The number of likely N-dealkylation sites (tertiary alicyclic amines) is 1. The van der Waals surface area contributed by atoms with Crippen molar-refractivity contribution in [1.82, 2.24) is 9.47 Å². The van der Waals surface area contributed by atoms with Gasteiger partial charge in [0.25, 0.3) is 0 Å². The molecular formula is C35H31FN2O5. The first kappa shape index (κ1) is 28.0. The Hall–Kier alpha value is -5.11. The fraction of sp³-hybridized carbons (Fsp3) is 0.200. The van der Waals surface area contributed by atoms with Crippen LogP contribution in [0.2, 0.25) is 0 Å². The van der Waals surface area contributed by atoms with Crippen LogP contribution in [0.15, 0.2) is 97.1 Å². The molecule has 1 N–H and O–H groups in total. The Labute approximate surface area is 248 Å². The predicted molar refractivity (Wildman–Crippen MR) is 162 cm³/mol. The highest BCUT2D eigenvalue weighted by Crippen LogP contribution is 2.45. The van der Waals surface area contributed by atoms with Crippen molar-refractivity contribution in [1.29, 1.82) is 0 Å². The molecule has 1 aromatic heterocycles. The molecule has 1 aliphatic heterocycles. The highest BCUT2D eigenvalue weighted by molar-refractivity contribution is 6.03. The van der Waals surface area contributed by atoms with Gasteiger partial charge in [0, 0.05) is 35.4 Å². The van der Waals surface area contributed by atoms with Crippen LogP contribution in [0.4, 0.5) is 9.18 Å². The van der Waals surface area contributed by atoms with Gasteiger partial charge in [0.05, 0.1) is 23.6 Å². The molecule has 8 heteroatoms. The zero-order valence-corrected chi connectivity index (χ0v) is 23.9. The molecule has 0 spiro atoms. The molecule has 7 nitrogen and oxygen atoms in total. The lowest BCUT2D eigenvalue weighted by Crippen LogP contribution is -2.57. The molecule has 1 fully saturated rings. The maximum atomic E-state index is 14.1. The average molecular weight is 579 g/mol. The van der Waals surface area contributed by atoms with Crippen molar-refractivity contribution in [2.75, 3.05) is 20.2 Å². The minimum absolute atomic E-state index is 0.323. The molecule has 2 heterocycles. The standard InChI is InChI=1S/C35H31FN2O5/c1-35(21-37(22-35)34(40)41)19-29-31(24-11-13-25(14-12-24)33(39)42-2)32-28(38(29)27-17-15-26(36)16-18-27)9-6-10-30(32)43-20-23-7-4-3-5-8-23/h3-18H,19-22H2,1-2H3,(H,40,41). The van der Waals surface area contributed by atoms with Crippen molar-refractivity contribution < 1.29 is 28.6 Å². The van der Waals surface area contributed by atoms with Gasteiger partial charge in [0.2, 0.25) is 0 Å². The zero-order chi connectivity index (χ0) is 30.1. The quantitative estimate of drug-likeness (QED) is 0.195. The number of esters is 1. The van der Waals surface area contributed by atoms with E-state index in [1.165, 1.54) is 24.1 Å². The number of fused-ring (bicyclic) bond motifs is 1. The highest BCUT2D eigenvalue weighted by atomic mass is 19.1. The Bertz CT molecular complexity index is 1790. The number of halogens is 1. The number of amides is 1. The Morgan fingerprint density at radius 3 is 2.26 bits per heavy atom. The second-order valence-corrected chi connectivity index (χ2v) is 11.3. The van der Waals surface area contributed by atoms with Crippen LogP contribution < -0.4 is 4.74 Å². The van der Waals surface area contributed by atoms with Crippen molar-refractivity contribution in [3.8, 4) is 22.6 Å². The summed E-state index contributed by atoms with van der Waals surface area (Å²) in [5.74, 6) is -0.0834. The molecule has 1 amide bonds. The summed E-state index contributed by atoms with van der Waals surface area (Å²) in [5, 5.41) is 10.4. The number of rotatable bonds is 8. The van der Waals surface area contributed by atoms with Gasteiger partial charge >= 0.3 is 12.1 Å². The summed E-state index contributed by atoms with van der Waals surface area (Å²) >= 11 is 0. The third-order valence-corrected chi connectivity index (χ3v) is 7.98. The topological polar surface area (TPSA) is 81.0 Å². The molecule has 0 saturated carbocycles. The van der Waals surface area contributed by atoms with Crippen LogP contribution in [-0.2, 0) is 17.8 Å². The molecule has 1 saturated heterocycles. The first-order valence-corrected chi connectivity index (χ1v) is 14.0. The monoisotopic (exact) mass is 578 g/mol. The number of carboxylic acid groups (broad SMARTS) is 1. The van der Waals surface area contributed by atoms with Crippen molar-refractivity contribution in [3.05, 3.63) is 120 Å². The van der Waals surface area contributed by atoms with Gasteiger partial charge in [-0.2, -0.15) is 0 Å². The number of benzene rings is 4. The fourth-order valence-electron chi connectivity index (χ4n) is 6.00. The maximum absolute atomic E-state index is 14.1. The van der Waals surface area contributed by atoms with E-state index in [0.717, 1.165) is 39.0 Å². The number of ether oxygens (including phenoxy) is 2. The van der Waals surface area contributed by atoms with E-state index in [1.54, 1.807) is 24.3 Å². The van der Waals surface area contributed by atoms with Gasteiger partial charge in [-0.3, -0.25) is 0 Å². The van der Waals surface area contributed by atoms with Crippen LogP contribution in [0.1, 0.15) is 28.5 Å². The molecule has 0 unspecified atom stereocenters. The maximum Gasteiger partial charge on any atom is 0.407 e. The van der Waals surface area contributed by atoms with Crippen LogP contribution in [0.3, 0.4) is 0 Å². The molecule has 4 aromatic carbocycles. The third kappa shape index (κ3) is 5.44. The van der Waals surface area contributed by atoms with Gasteiger partial charge in [-0.05, 0) is 66.1 Å². The van der Waals surface area contributed by atoms with Crippen molar-refractivity contribution in [3.63, 3.8) is 0 Å². The van der Waals surface area contributed by atoms with Gasteiger partial charge in [0.1, 0.15) is 18.2 Å². The van der Waals surface area contributed by atoms with E-state index >= 15 is 0 Å². The largest absolute Gasteiger partial charge is 0.488 e. The Kier molecular flexibility index (Phi) is 7.36. The van der Waals surface area contributed by atoms with E-state index in [2.05, 4.69) is 11.5 Å². The molecule has 5 aromatic rings. The number of carbonyl (C=O) groups excluding carboxylic acids is 1. The molecule has 218 valence electrons. The number of methoxy groups -OCH3 is 1. The summed E-state index contributed by atoms with van der Waals surface area (Å²) < 4.78 is 27.6. The van der Waals surface area contributed by atoms with E-state index in [1.807, 2.05) is 60.7 Å². The van der Waals surface area contributed by atoms with E-state index in [0.29, 0.717) is 37.4 Å². The summed E-state index contributed by atoms with van der Waals surface area (Å²) in [6, 6.07) is 29.4. The number of hydrogen-bond acceptors (Lipinski definition) is 4. The summed E-state index contributed by atoms with van der Waals surface area (Å²) in [6.07, 6.45) is -0.388. The second kappa shape index (κ2) is 11.3. The average Bonchev–Trinajstić information content (AvgIpc) is 3.33. The van der Waals surface area contributed by atoms with Crippen molar-refractivity contribution >= 4 is 23.0 Å². The highest BCUT2D eigenvalue weighted by Gasteiger charge is 2.43. The first-order valence-electron chi connectivity index (χ1n) is 14.0. The minimum atomic E-state index is -0.938. The smallest absolute Gasteiger partial charge is 0.407 e. The minimum Gasteiger partial charge on any atom is -0.488 e. The first-order chi connectivity index (χ1) is 20.8. The summed E-state index contributed by atoms with van der Waals surface area (Å²) in [5.41, 5.74) is 5.49. The van der Waals surface area contributed by atoms with Gasteiger partial charge in [-0.15, -0.1) is 0 Å². The van der Waals surface area contributed by atoms with Crippen LogP contribution in [0, 0.1) is 11.2 Å². The third-order valence-electron chi connectivity index (χ3n) is 7.98. The van der Waals surface area contributed by atoms with Crippen molar-refractivity contribution in [2.45, 2.75) is 20.0 Å². The van der Waals surface area contributed by atoms with E-state index in [4.69, 9.17) is 9.47 Å². The number of nitrogens with zero attached hydrogens (tertiary/aromatic N) is 2. The Morgan fingerprint density at radius 2 is 1.60 bits per heavy atom. The lowest BCUT2D eigenvalue weighted by atomic mass is 9.77. The number of carbonyl (C=O) groups is 2.